The first-order valence-corrected chi connectivity index (χ1v) is 8.85. The number of hydrogen-bond acceptors (Lipinski definition) is 10. The largest absolute Gasteiger partial charge is 0.395 e. The van der Waals surface area contributed by atoms with Crippen LogP contribution < -0.4 is 0 Å². The van der Waals surface area contributed by atoms with E-state index in [2.05, 4.69) is 0 Å². The highest BCUT2D eigenvalue weighted by Gasteiger charge is 2.94. The van der Waals surface area contributed by atoms with E-state index in [0.29, 0.717) is 6.42 Å². The van der Waals surface area contributed by atoms with Crippen molar-refractivity contribution in [3.8, 4) is 0 Å². The predicted molar refractivity (Wildman–Crippen MR) is 79.1 cm³/mol. The zero-order valence-corrected chi connectivity index (χ0v) is 14.2. The van der Waals surface area contributed by atoms with Crippen molar-refractivity contribution in [2.75, 3.05) is 13.2 Å². The zero-order valence-electron chi connectivity index (χ0n) is 14.2. The van der Waals surface area contributed by atoms with E-state index in [9.17, 15) is 30.6 Å². The van der Waals surface area contributed by atoms with Crippen LogP contribution in [0.3, 0.4) is 0 Å². The van der Waals surface area contributed by atoms with Crippen molar-refractivity contribution in [2.24, 2.45) is 11.3 Å². The summed E-state index contributed by atoms with van der Waals surface area (Å²) >= 11 is 0. The van der Waals surface area contributed by atoms with E-state index in [0.717, 1.165) is 0 Å². The number of hydrogen-bond donors (Lipinski definition) is 6. The van der Waals surface area contributed by atoms with Crippen LogP contribution in [0, 0.1) is 11.3 Å². The fourth-order valence-corrected chi connectivity index (χ4v) is 6.06. The number of ether oxygens (including phenoxy) is 4. The van der Waals surface area contributed by atoms with Gasteiger partial charge in [0.1, 0.15) is 35.6 Å². The van der Waals surface area contributed by atoms with Crippen LogP contribution in [0.1, 0.15) is 19.8 Å². The van der Waals surface area contributed by atoms with E-state index in [1.165, 1.54) is 0 Å². The molecule has 4 saturated heterocycles. The second-order valence-electron chi connectivity index (χ2n) is 8.42. The van der Waals surface area contributed by atoms with E-state index in [1.807, 2.05) is 0 Å². The molecule has 6 bridgehead atoms. The van der Waals surface area contributed by atoms with Crippen LogP contribution in [0.15, 0.2) is 0 Å². The summed E-state index contributed by atoms with van der Waals surface area (Å²) in [5.74, 6) is -1.77. The molecule has 0 spiro atoms. The van der Waals surface area contributed by atoms with Crippen molar-refractivity contribution < 1.29 is 49.6 Å². The Morgan fingerprint density at radius 1 is 1.08 bits per heavy atom. The van der Waals surface area contributed by atoms with E-state index in [1.54, 1.807) is 6.92 Å². The quantitative estimate of drug-likeness (QED) is 0.295. The molecule has 10 nitrogen and oxygen atoms in total. The monoisotopic (exact) mass is 376 g/mol. The SMILES string of the molecule is C[C@@]12C[C@@]3(O)O[C@@H](O1)C1(CO)C3C[C@@]12OC1OC(CO)C(O)C(O)C1O. The topological polar surface area (TPSA) is 158 Å². The van der Waals surface area contributed by atoms with Gasteiger partial charge in [-0.1, -0.05) is 0 Å². The molecule has 148 valence electrons. The highest BCUT2D eigenvalue weighted by Crippen LogP contribution is 2.81. The smallest absolute Gasteiger partial charge is 0.187 e. The molecule has 4 aliphatic heterocycles. The Morgan fingerprint density at radius 3 is 2.46 bits per heavy atom. The summed E-state index contributed by atoms with van der Waals surface area (Å²) in [5.41, 5.74) is -3.09. The Kier molecular flexibility index (Phi) is 3.37. The molecule has 11 atom stereocenters. The van der Waals surface area contributed by atoms with Crippen LogP contribution in [0.4, 0.5) is 0 Å². The van der Waals surface area contributed by atoms with Crippen molar-refractivity contribution in [1.29, 1.82) is 0 Å². The lowest BCUT2D eigenvalue weighted by Crippen LogP contribution is -2.80. The second kappa shape index (κ2) is 4.95. The van der Waals surface area contributed by atoms with Gasteiger partial charge in [0, 0.05) is 12.3 Å². The lowest BCUT2D eigenvalue weighted by atomic mass is 9.41. The highest BCUT2D eigenvalue weighted by molar-refractivity contribution is 5.37. The molecule has 7 fully saturated rings. The maximum Gasteiger partial charge on any atom is 0.187 e. The average Bonchev–Trinajstić information content (AvgIpc) is 2.77. The van der Waals surface area contributed by atoms with Crippen molar-refractivity contribution >= 4 is 0 Å². The molecule has 3 saturated carbocycles. The zero-order chi connectivity index (χ0) is 18.7. The van der Waals surface area contributed by atoms with Gasteiger partial charge >= 0.3 is 0 Å². The summed E-state index contributed by atoms with van der Waals surface area (Å²) in [6.07, 6.45) is -7.43. The van der Waals surface area contributed by atoms with E-state index < -0.39 is 66.0 Å². The molecule has 0 aromatic rings. The van der Waals surface area contributed by atoms with Crippen LogP contribution in [0.5, 0.6) is 0 Å². The van der Waals surface area contributed by atoms with Crippen molar-refractivity contribution in [2.45, 2.75) is 73.8 Å². The first-order valence-electron chi connectivity index (χ1n) is 8.85. The molecule has 26 heavy (non-hydrogen) atoms. The fraction of sp³-hybridized carbons (Fsp3) is 1.00. The minimum atomic E-state index is -1.56. The maximum atomic E-state index is 10.8. The number of rotatable bonds is 4. The molecule has 0 radical (unpaired) electrons. The third kappa shape index (κ3) is 1.61. The lowest BCUT2D eigenvalue weighted by molar-refractivity contribution is -0.424. The van der Waals surface area contributed by atoms with Gasteiger partial charge < -0.3 is 49.6 Å². The second-order valence-corrected chi connectivity index (χ2v) is 8.42. The van der Waals surface area contributed by atoms with Crippen LogP contribution in [-0.4, -0.2) is 97.8 Å². The van der Waals surface area contributed by atoms with Crippen LogP contribution in [0.25, 0.3) is 0 Å². The lowest BCUT2D eigenvalue weighted by Gasteiger charge is -2.67. The molecule has 0 amide bonds. The van der Waals surface area contributed by atoms with Gasteiger partial charge in [-0.05, 0) is 13.3 Å². The summed E-state index contributed by atoms with van der Waals surface area (Å²) in [4.78, 5) is 0. The standard InChI is InChI=1S/C16H24O10/c1-13-4-15(22)7-2-16(13,14(7,5-18)12(25-13)26-15)24-11-10(21)9(20)8(19)6(3-17)23-11/h6-12,17-22H,2-5H2,1H3/t6?,7?,8?,9?,10?,11?,12-,13+,14?,15-,16+/m1/s1. The molecular formula is C16H24O10. The van der Waals surface area contributed by atoms with Gasteiger partial charge in [0.2, 0.25) is 0 Å². The molecule has 6 N–H and O–H groups in total. The summed E-state index contributed by atoms with van der Waals surface area (Å²) in [6, 6.07) is 0. The third-order valence-corrected chi connectivity index (χ3v) is 7.38. The Bertz CT molecular complexity index is 630. The van der Waals surface area contributed by atoms with Crippen molar-refractivity contribution in [3.63, 3.8) is 0 Å². The fourth-order valence-electron chi connectivity index (χ4n) is 6.06. The van der Waals surface area contributed by atoms with Gasteiger partial charge in [-0.15, -0.1) is 0 Å². The number of aliphatic hydroxyl groups is 6. The van der Waals surface area contributed by atoms with Crippen LogP contribution in [-0.2, 0) is 18.9 Å². The van der Waals surface area contributed by atoms with E-state index in [4.69, 9.17) is 18.9 Å². The summed E-state index contributed by atoms with van der Waals surface area (Å²) < 4.78 is 23.2. The molecule has 0 aromatic carbocycles. The third-order valence-electron chi connectivity index (χ3n) is 7.38. The van der Waals surface area contributed by atoms with Gasteiger partial charge in [0.15, 0.2) is 18.4 Å². The molecule has 10 heteroatoms. The minimum Gasteiger partial charge on any atom is -0.395 e. The van der Waals surface area contributed by atoms with Crippen LogP contribution >= 0.6 is 0 Å². The molecule has 3 aliphatic carbocycles. The summed E-state index contributed by atoms with van der Waals surface area (Å²) in [7, 11) is 0. The summed E-state index contributed by atoms with van der Waals surface area (Å²) in [5, 5.41) is 60.6. The Balaban J connectivity index is 1.50. The van der Waals surface area contributed by atoms with Gasteiger partial charge in [0.05, 0.1) is 18.6 Å². The Labute approximate surface area is 148 Å². The first kappa shape index (κ1) is 17.7. The average molecular weight is 376 g/mol. The minimum absolute atomic E-state index is 0.139. The maximum absolute atomic E-state index is 10.8. The molecule has 0 aromatic heterocycles. The van der Waals surface area contributed by atoms with Crippen molar-refractivity contribution in [3.05, 3.63) is 0 Å². The number of aliphatic hydroxyl groups excluding tert-OH is 5. The Hall–Kier alpha value is -0.400. The molecule has 4 heterocycles. The van der Waals surface area contributed by atoms with Gasteiger partial charge in [0.25, 0.3) is 0 Å². The molecule has 7 unspecified atom stereocenters. The molecule has 7 aliphatic rings. The Morgan fingerprint density at radius 2 is 1.81 bits per heavy atom. The van der Waals surface area contributed by atoms with E-state index in [-0.39, 0.29) is 18.9 Å². The predicted octanol–water partition coefficient (Wildman–Crippen LogP) is -3.22. The highest BCUT2D eigenvalue weighted by atomic mass is 16.8. The molecule has 7 rings (SSSR count). The van der Waals surface area contributed by atoms with Gasteiger partial charge in [-0.3, -0.25) is 0 Å². The van der Waals surface area contributed by atoms with Gasteiger partial charge in [-0.25, -0.2) is 0 Å². The normalized spacial score (nSPS) is 65.4. The first-order chi connectivity index (χ1) is 12.2. The van der Waals surface area contributed by atoms with Crippen molar-refractivity contribution in [1.82, 2.24) is 0 Å². The summed E-state index contributed by atoms with van der Waals surface area (Å²) in [6.45, 7) is 0.840. The molecular weight excluding hydrogens is 352 g/mol. The van der Waals surface area contributed by atoms with Crippen LogP contribution in [0.2, 0.25) is 0 Å². The van der Waals surface area contributed by atoms with E-state index >= 15 is 0 Å². The van der Waals surface area contributed by atoms with Gasteiger partial charge in [-0.2, -0.15) is 0 Å².